The van der Waals surface area contributed by atoms with Crippen molar-refractivity contribution in [2.24, 2.45) is 11.3 Å². The monoisotopic (exact) mass is 350 g/mol. The Labute approximate surface area is 142 Å². The van der Waals surface area contributed by atoms with E-state index in [2.05, 4.69) is 17.2 Å². The van der Waals surface area contributed by atoms with Gasteiger partial charge in [-0.05, 0) is 61.3 Å². The van der Waals surface area contributed by atoms with Crippen molar-refractivity contribution in [3.05, 3.63) is 41.0 Å². The molecule has 0 spiro atoms. The number of fused-ring (bicyclic) bond motifs is 5. The van der Waals surface area contributed by atoms with Crippen LogP contribution in [0.1, 0.15) is 49.7 Å². The first-order valence-corrected chi connectivity index (χ1v) is 9.82. The van der Waals surface area contributed by atoms with Crippen molar-refractivity contribution in [1.29, 1.82) is 0 Å². The molecule has 3 aliphatic rings. The first-order valence-electron chi connectivity index (χ1n) is 8.46. The molecule has 0 bridgehead atoms. The molecule has 4 rings (SSSR count). The largest absolute Gasteiger partial charge is 0.446 e. The molecule has 6 heteroatoms. The third-order valence-electron chi connectivity index (χ3n) is 6.31. The number of rotatable bonds is 2. The van der Waals surface area contributed by atoms with E-state index in [1.807, 2.05) is 6.07 Å². The molecule has 1 aromatic carbocycles. The van der Waals surface area contributed by atoms with E-state index in [0.717, 1.165) is 37.7 Å². The Hall–Kier alpha value is -1.37. The van der Waals surface area contributed by atoms with Crippen molar-refractivity contribution in [3.8, 4) is 5.75 Å². The van der Waals surface area contributed by atoms with Gasteiger partial charge in [-0.3, -0.25) is 4.55 Å². The third kappa shape index (κ3) is 2.48. The van der Waals surface area contributed by atoms with Crippen LogP contribution in [0.2, 0.25) is 0 Å². The summed E-state index contributed by atoms with van der Waals surface area (Å²) in [6.45, 7) is 2.21. The second-order valence-electron chi connectivity index (χ2n) is 7.52. The van der Waals surface area contributed by atoms with Gasteiger partial charge >= 0.3 is 10.4 Å². The number of aliphatic hydroxyl groups is 1. The number of allylic oxidation sites excluding steroid dienone is 2. The molecular formula is C18H22O5S. The quantitative estimate of drug-likeness (QED) is 0.633. The van der Waals surface area contributed by atoms with Gasteiger partial charge in [-0.1, -0.05) is 24.6 Å². The molecule has 0 amide bonds. The van der Waals surface area contributed by atoms with Gasteiger partial charge < -0.3 is 9.29 Å². The predicted octanol–water partition coefficient (Wildman–Crippen LogP) is 3.01. The summed E-state index contributed by atoms with van der Waals surface area (Å²) < 4.78 is 35.2. The summed E-state index contributed by atoms with van der Waals surface area (Å²) in [6, 6.07) is 5.22. The van der Waals surface area contributed by atoms with Crippen LogP contribution < -0.4 is 4.18 Å². The Morgan fingerprint density at radius 2 is 2.04 bits per heavy atom. The van der Waals surface area contributed by atoms with Gasteiger partial charge in [-0.25, -0.2) is 0 Å². The molecule has 24 heavy (non-hydrogen) atoms. The second-order valence-corrected chi connectivity index (χ2v) is 8.54. The predicted molar refractivity (Wildman–Crippen MR) is 89.2 cm³/mol. The molecule has 1 unspecified atom stereocenters. The Kier molecular flexibility index (Phi) is 3.57. The fourth-order valence-corrected chi connectivity index (χ4v) is 5.44. The molecule has 0 heterocycles. The van der Waals surface area contributed by atoms with Gasteiger partial charge in [0.1, 0.15) is 5.75 Å². The molecule has 2 saturated carbocycles. The van der Waals surface area contributed by atoms with Gasteiger partial charge in [-0.15, -0.1) is 0 Å². The van der Waals surface area contributed by atoms with Crippen molar-refractivity contribution in [3.63, 3.8) is 0 Å². The van der Waals surface area contributed by atoms with E-state index in [4.69, 9.17) is 4.55 Å². The first-order chi connectivity index (χ1) is 11.3. The summed E-state index contributed by atoms with van der Waals surface area (Å²) in [7, 11) is -4.50. The van der Waals surface area contributed by atoms with Crippen LogP contribution in [0.3, 0.4) is 0 Å². The molecule has 3 aliphatic carbocycles. The van der Waals surface area contributed by atoms with Crippen LogP contribution in [0.5, 0.6) is 5.75 Å². The molecule has 1 aromatic rings. The Morgan fingerprint density at radius 3 is 2.79 bits per heavy atom. The zero-order chi connectivity index (χ0) is 17.1. The number of hydrogen-bond acceptors (Lipinski definition) is 4. The fourth-order valence-electron chi connectivity index (χ4n) is 5.09. The van der Waals surface area contributed by atoms with E-state index >= 15 is 0 Å². The summed E-state index contributed by atoms with van der Waals surface area (Å²) >= 11 is 0. The van der Waals surface area contributed by atoms with Crippen molar-refractivity contribution >= 4 is 10.4 Å². The maximum Gasteiger partial charge on any atom is 0.446 e. The third-order valence-corrected chi connectivity index (χ3v) is 6.71. The highest BCUT2D eigenvalue weighted by Crippen LogP contribution is 2.59. The smallest absolute Gasteiger partial charge is 0.393 e. The van der Waals surface area contributed by atoms with E-state index in [1.54, 1.807) is 12.1 Å². The maximum absolute atomic E-state index is 10.9. The maximum atomic E-state index is 10.9. The zero-order valence-corrected chi connectivity index (χ0v) is 14.4. The standard InChI is InChI=1S/C18H22O5S/c1-18-9-8-14-13-5-3-12(23-24(20,21)22)10-11(13)2-4-15(14)16(18)6-7-17(18)19/h3-5,10,14,16-17,19H,2,6-9H2,1H3,(H,20,21,22)/t14-,16+,17?,18-/m0/s1. The van der Waals surface area contributed by atoms with Gasteiger partial charge in [0, 0.05) is 11.3 Å². The Bertz CT molecular complexity index is 813. The molecule has 4 atom stereocenters. The summed E-state index contributed by atoms with van der Waals surface area (Å²) in [4.78, 5) is 0. The van der Waals surface area contributed by atoms with Crippen molar-refractivity contribution in [1.82, 2.24) is 0 Å². The molecule has 0 aliphatic heterocycles. The van der Waals surface area contributed by atoms with Crippen molar-refractivity contribution < 1.29 is 22.3 Å². The lowest BCUT2D eigenvalue weighted by atomic mass is 9.59. The van der Waals surface area contributed by atoms with E-state index in [-0.39, 0.29) is 17.3 Å². The van der Waals surface area contributed by atoms with Crippen molar-refractivity contribution in [2.45, 2.75) is 51.0 Å². The van der Waals surface area contributed by atoms with Gasteiger partial charge in [0.05, 0.1) is 6.10 Å². The minimum Gasteiger partial charge on any atom is -0.393 e. The van der Waals surface area contributed by atoms with Crippen LogP contribution in [0, 0.1) is 11.3 Å². The van der Waals surface area contributed by atoms with E-state index in [9.17, 15) is 13.5 Å². The summed E-state index contributed by atoms with van der Waals surface area (Å²) in [5.74, 6) is 0.926. The van der Waals surface area contributed by atoms with Crippen LogP contribution in [-0.4, -0.2) is 24.2 Å². The average Bonchev–Trinajstić information content (AvgIpc) is 2.81. The van der Waals surface area contributed by atoms with Crippen LogP contribution in [0.25, 0.3) is 0 Å². The van der Waals surface area contributed by atoms with Crippen molar-refractivity contribution in [2.75, 3.05) is 0 Å². The highest BCUT2D eigenvalue weighted by Gasteiger charge is 2.51. The summed E-state index contributed by atoms with van der Waals surface area (Å²) in [6.07, 6.45) is 6.69. The normalized spacial score (nSPS) is 34.8. The SMILES string of the molecule is C[C@]12CC[C@@H]3C(=CCc4cc(OS(=O)(=O)O)ccc43)[C@H]1CCC2O. The molecule has 0 aromatic heterocycles. The topological polar surface area (TPSA) is 83.8 Å². The lowest BCUT2D eigenvalue weighted by Gasteiger charge is -2.46. The molecular weight excluding hydrogens is 328 g/mol. The molecule has 0 saturated heterocycles. The zero-order valence-electron chi connectivity index (χ0n) is 13.6. The van der Waals surface area contributed by atoms with Gasteiger partial charge in [0.2, 0.25) is 0 Å². The average molecular weight is 350 g/mol. The van der Waals surface area contributed by atoms with Gasteiger partial charge in [-0.2, -0.15) is 8.42 Å². The molecule has 5 nitrogen and oxygen atoms in total. The molecule has 130 valence electrons. The number of benzene rings is 1. The number of hydrogen-bond donors (Lipinski definition) is 2. The summed E-state index contributed by atoms with van der Waals surface area (Å²) in [5, 5.41) is 10.4. The lowest BCUT2D eigenvalue weighted by molar-refractivity contribution is 0.0267. The second kappa shape index (κ2) is 5.31. The minimum absolute atomic E-state index is 0.00610. The van der Waals surface area contributed by atoms with Crippen LogP contribution >= 0.6 is 0 Å². The minimum atomic E-state index is -4.50. The Morgan fingerprint density at radius 1 is 1.25 bits per heavy atom. The molecule has 0 radical (unpaired) electrons. The molecule has 2 fully saturated rings. The highest BCUT2D eigenvalue weighted by molar-refractivity contribution is 7.81. The van der Waals surface area contributed by atoms with Gasteiger partial charge in [0.25, 0.3) is 0 Å². The van der Waals surface area contributed by atoms with Crippen LogP contribution in [0.4, 0.5) is 0 Å². The number of aliphatic hydroxyl groups excluding tert-OH is 1. The Balaban J connectivity index is 1.67. The highest BCUT2D eigenvalue weighted by atomic mass is 32.3. The first kappa shape index (κ1) is 16.1. The summed E-state index contributed by atoms with van der Waals surface area (Å²) in [5.41, 5.74) is 3.70. The van der Waals surface area contributed by atoms with E-state index < -0.39 is 10.4 Å². The lowest BCUT2D eigenvalue weighted by Crippen LogP contribution is -2.39. The van der Waals surface area contributed by atoms with Crippen LogP contribution in [-0.2, 0) is 16.8 Å². The van der Waals surface area contributed by atoms with Gasteiger partial charge in [0.15, 0.2) is 0 Å². The van der Waals surface area contributed by atoms with E-state index in [0.29, 0.717) is 11.8 Å². The molecule has 2 N–H and O–H groups in total. The van der Waals surface area contributed by atoms with Crippen LogP contribution in [0.15, 0.2) is 29.8 Å². The van der Waals surface area contributed by atoms with E-state index in [1.165, 1.54) is 11.1 Å². The fraction of sp³-hybridized carbons (Fsp3) is 0.556.